The van der Waals surface area contributed by atoms with Crippen molar-refractivity contribution in [3.63, 3.8) is 0 Å². The average molecular weight is 622 g/mol. The zero-order valence-electron chi connectivity index (χ0n) is 25.2. The normalized spacial score (nSPS) is 27.2. The second-order valence-corrected chi connectivity index (χ2v) is 12.0. The molecule has 6 atom stereocenters. The molecule has 0 unspecified atom stereocenters. The van der Waals surface area contributed by atoms with Crippen molar-refractivity contribution in [2.75, 3.05) is 20.7 Å². The summed E-state index contributed by atoms with van der Waals surface area (Å²) in [6.45, 7) is 1.90. The number of hydrogen-bond acceptors (Lipinski definition) is 11. The van der Waals surface area contributed by atoms with Crippen LogP contribution in [-0.2, 0) is 45.2 Å². The molecule has 0 radical (unpaired) electrons. The maximum Gasteiger partial charge on any atom is 0.353 e. The number of likely N-dealkylation sites (tertiary alicyclic amines) is 1. The number of esters is 3. The predicted octanol–water partition coefficient (Wildman–Crippen LogP) is 2.60. The van der Waals surface area contributed by atoms with E-state index in [1.807, 2.05) is 19.2 Å². The summed E-state index contributed by atoms with van der Waals surface area (Å²) in [4.78, 5) is 52.0. The van der Waals surface area contributed by atoms with Crippen LogP contribution in [0.3, 0.4) is 0 Å². The number of ether oxygens (including phenoxy) is 5. The van der Waals surface area contributed by atoms with Crippen molar-refractivity contribution >= 4 is 23.9 Å². The third-order valence-electron chi connectivity index (χ3n) is 9.53. The molecule has 6 rings (SSSR count). The van der Waals surface area contributed by atoms with Gasteiger partial charge in [-0.3, -0.25) is 9.59 Å². The summed E-state index contributed by atoms with van der Waals surface area (Å²) < 4.78 is 28.2. The Balaban J connectivity index is 1.17. The van der Waals surface area contributed by atoms with E-state index >= 15 is 0 Å². The van der Waals surface area contributed by atoms with Gasteiger partial charge in [0.05, 0.1) is 31.0 Å². The van der Waals surface area contributed by atoms with Crippen LogP contribution in [0.2, 0.25) is 0 Å². The molecular weight excluding hydrogens is 586 g/mol. The van der Waals surface area contributed by atoms with Crippen molar-refractivity contribution in [1.29, 1.82) is 0 Å². The van der Waals surface area contributed by atoms with Crippen molar-refractivity contribution < 1.29 is 53.1 Å². The molecule has 2 aromatic rings. The molecule has 1 spiro atoms. The van der Waals surface area contributed by atoms with Crippen LogP contribution in [0, 0.1) is 0 Å². The summed E-state index contributed by atoms with van der Waals surface area (Å²) >= 11 is 0. The van der Waals surface area contributed by atoms with Crippen molar-refractivity contribution in [1.82, 2.24) is 4.90 Å². The van der Waals surface area contributed by atoms with Crippen molar-refractivity contribution in [2.45, 2.75) is 74.4 Å². The molecule has 0 aromatic heterocycles. The molecule has 12 nitrogen and oxygen atoms in total. The summed E-state index contributed by atoms with van der Waals surface area (Å²) in [6.07, 6.45) is -1.37. The van der Waals surface area contributed by atoms with Gasteiger partial charge in [-0.1, -0.05) is 36.4 Å². The number of rotatable bonds is 10. The first kappa shape index (κ1) is 30.6. The molecule has 2 aliphatic heterocycles. The number of nitrogens with zero attached hydrogens (tertiary/aromatic N) is 1. The van der Waals surface area contributed by atoms with E-state index in [1.165, 1.54) is 19.1 Å². The number of aliphatic hydroxyl groups is 1. The first-order chi connectivity index (χ1) is 21.5. The largest absolute Gasteiger partial charge is 0.493 e. The number of hydrogen-bond donors (Lipinski definition) is 2. The van der Waals surface area contributed by atoms with Gasteiger partial charge < -0.3 is 38.8 Å². The fourth-order valence-corrected chi connectivity index (χ4v) is 7.33. The Morgan fingerprint density at radius 1 is 1.07 bits per heavy atom. The smallest absolute Gasteiger partial charge is 0.353 e. The number of likely N-dealkylation sites (N-methyl/N-ethyl adjacent to an activating group) is 1. The Morgan fingerprint density at radius 2 is 1.80 bits per heavy atom. The molecule has 1 saturated heterocycles. The van der Waals surface area contributed by atoms with Crippen LogP contribution in [0.25, 0.3) is 0 Å². The molecule has 4 aliphatic rings. The van der Waals surface area contributed by atoms with Gasteiger partial charge >= 0.3 is 23.9 Å². The topological polar surface area (TPSA) is 158 Å². The van der Waals surface area contributed by atoms with E-state index in [1.54, 1.807) is 31.4 Å². The Bertz CT molecular complexity index is 1570. The van der Waals surface area contributed by atoms with Crippen LogP contribution in [0.15, 0.2) is 54.3 Å². The van der Waals surface area contributed by atoms with Gasteiger partial charge in [0.1, 0.15) is 5.76 Å². The number of methoxy groups -OCH3 is 1. The van der Waals surface area contributed by atoms with Crippen LogP contribution >= 0.6 is 0 Å². The highest BCUT2D eigenvalue weighted by Crippen LogP contribution is 2.65. The van der Waals surface area contributed by atoms with E-state index in [0.717, 1.165) is 11.1 Å². The van der Waals surface area contributed by atoms with Gasteiger partial charge in [0.15, 0.2) is 23.7 Å². The van der Waals surface area contributed by atoms with E-state index in [9.17, 15) is 24.3 Å². The minimum absolute atomic E-state index is 0.157. The third-order valence-corrected chi connectivity index (χ3v) is 9.53. The number of carbonyl (C=O) groups is 4. The minimum atomic E-state index is -1.52. The SMILES string of the molecule is COc1ccc2c3c1O[C@@H]1C(OC(=O)CCC(=O)O[C@H](C(=O)O[C@@H](C)C(=O)O)c4ccccc4)=CC[C@]4(O)[C@H](C2)N(C)CC[C@@]314. The maximum atomic E-state index is 13.1. The maximum absolute atomic E-state index is 13.1. The molecule has 0 saturated carbocycles. The fraction of sp³-hybridized carbons (Fsp3) is 0.455. The standard InChI is InChI=1S/C33H35NO11/c1-18(30(37)38)42-31(39)27(19-7-5-4-6-8-19)44-25(36)12-11-24(35)43-22-13-14-33(40)23-17-20-9-10-21(41-3)28-26(20)32(33,29(22)45-28)15-16-34(23)2/h4-10,13,18,23,27,29,40H,11-12,14-17H2,1-3H3,(H,37,38)/t18-,23-,27-,29+,32+,33-/m0/s1. The summed E-state index contributed by atoms with van der Waals surface area (Å²) in [5, 5.41) is 21.4. The van der Waals surface area contributed by atoms with Crippen LogP contribution in [0.4, 0.5) is 0 Å². The van der Waals surface area contributed by atoms with Gasteiger partial charge in [0.25, 0.3) is 0 Å². The lowest BCUT2D eigenvalue weighted by molar-refractivity contribution is -0.177. The van der Waals surface area contributed by atoms with E-state index in [-0.39, 0.29) is 30.2 Å². The van der Waals surface area contributed by atoms with Crippen LogP contribution in [0.1, 0.15) is 55.4 Å². The van der Waals surface area contributed by atoms with Gasteiger partial charge in [0.2, 0.25) is 6.10 Å². The van der Waals surface area contributed by atoms with Gasteiger partial charge in [0, 0.05) is 23.6 Å². The molecule has 2 bridgehead atoms. The van der Waals surface area contributed by atoms with E-state index < -0.39 is 59.6 Å². The van der Waals surface area contributed by atoms with Gasteiger partial charge in [-0.2, -0.15) is 0 Å². The van der Waals surface area contributed by atoms with E-state index in [4.69, 9.17) is 28.8 Å². The molecule has 2 heterocycles. The molecule has 12 heteroatoms. The Labute approximate surface area is 259 Å². The second kappa shape index (κ2) is 11.5. The molecule has 45 heavy (non-hydrogen) atoms. The number of benzene rings is 2. The van der Waals surface area contributed by atoms with E-state index in [2.05, 4.69) is 4.90 Å². The van der Waals surface area contributed by atoms with Crippen molar-refractivity contribution in [3.8, 4) is 11.5 Å². The molecule has 1 fully saturated rings. The Morgan fingerprint density at radius 3 is 2.51 bits per heavy atom. The van der Waals surface area contributed by atoms with Crippen molar-refractivity contribution in [3.05, 3.63) is 71.0 Å². The van der Waals surface area contributed by atoms with Crippen LogP contribution in [0.5, 0.6) is 11.5 Å². The van der Waals surface area contributed by atoms with Gasteiger partial charge in [-0.15, -0.1) is 0 Å². The first-order valence-electron chi connectivity index (χ1n) is 14.9. The summed E-state index contributed by atoms with van der Waals surface area (Å²) in [5.41, 5.74) is 0.246. The lowest BCUT2D eigenvalue weighted by Crippen LogP contribution is -2.74. The zero-order chi connectivity index (χ0) is 32.1. The zero-order valence-corrected chi connectivity index (χ0v) is 25.2. The molecule has 0 amide bonds. The van der Waals surface area contributed by atoms with E-state index in [0.29, 0.717) is 30.9 Å². The van der Waals surface area contributed by atoms with Crippen molar-refractivity contribution in [2.24, 2.45) is 0 Å². The highest BCUT2D eigenvalue weighted by molar-refractivity contribution is 5.84. The fourth-order valence-electron chi connectivity index (χ4n) is 7.33. The predicted molar refractivity (Wildman–Crippen MR) is 155 cm³/mol. The minimum Gasteiger partial charge on any atom is -0.493 e. The Hall–Kier alpha value is -4.42. The average Bonchev–Trinajstić information content (AvgIpc) is 3.38. The second-order valence-electron chi connectivity index (χ2n) is 12.0. The summed E-state index contributed by atoms with van der Waals surface area (Å²) in [5.74, 6) is -2.66. The number of aliphatic carboxylic acids is 1. The molecular formula is C33H35NO11. The van der Waals surface area contributed by atoms with Gasteiger partial charge in [-0.05, 0) is 51.1 Å². The van der Waals surface area contributed by atoms with Crippen LogP contribution < -0.4 is 9.47 Å². The summed E-state index contributed by atoms with van der Waals surface area (Å²) in [6, 6.07) is 11.7. The highest BCUT2D eigenvalue weighted by Gasteiger charge is 2.72. The first-order valence-corrected chi connectivity index (χ1v) is 14.9. The lowest BCUT2D eigenvalue weighted by atomic mass is 9.50. The molecule has 238 valence electrons. The molecule has 2 aromatic carbocycles. The van der Waals surface area contributed by atoms with Crippen LogP contribution in [-0.4, -0.2) is 83.5 Å². The number of carbonyl (C=O) groups excluding carboxylic acids is 3. The monoisotopic (exact) mass is 621 g/mol. The third kappa shape index (κ3) is 4.92. The lowest BCUT2D eigenvalue weighted by Gasteiger charge is -2.61. The Kier molecular flexibility index (Phi) is 7.82. The quantitative estimate of drug-likeness (QED) is 0.296. The number of carboxylic acid groups (broad SMARTS) is 1. The molecule has 2 aliphatic carbocycles. The molecule has 2 N–H and O–H groups in total. The number of piperidine rings is 1. The highest BCUT2D eigenvalue weighted by atomic mass is 16.6. The summed E-state index contributed by atoms with van der Waals surface area (Å²) in [7, 11) is 3.56. The van der Waals surface area contributed by atoms with Gasteiger partial charge in [-0.25, -0.2) is 9.59 Å². The number of carboxylic acids is 1.